The lowest BCUT2D eigenvalue weighted by molar-refractivity contribution is -0.135. The molecule has 1 rings (SSSR count). The van der Waals surface area contributed by atoms with Crippen LogP contribution in [-0.4, -0.2) is 43.5 Å². The molecule has 0 aliphatic rings. The van der Waals surface area contributed by atoms with Crippen LogP contribution in [0.2, 0.25) is 0 Å². The average molecular weight is 281 g/mol. The van der Waals surface area contributed by atoms with Gasteiger partial charge in [-0.05, 0) is 18.6 Å². The first-order chi connectivity index (χ1) is 9.49. The molecule has 1 unspecified atom stereocenters. The van der Waals surface area contributed by atoms with Crippen LogP contribution in [0.1, 0.15) is 22.8 Å². The summed E-state index contributed by atoms with van der Waals surface area (Å²) >= 11 is 0. The van der Waals surface area contributed by atoms with Crippen molar-refractivity contribution in [2.24, 2.45) is 0 Å². The summed E-state index contributed by atoms with van der Waals surface area (Å²) < 4.78 is 10.1. The van der Waals surface area contributed by atoms with E-state index in [4.69, 9.17) is 14.6 Å². The van der Waals surface area contributed by atoms with E-state index in [1.807, 2.05) is 0 Å². The minimum absolute atomic E-state index is 0.00698. The van der Waals surface area contributed by atoms with Gasteiger partial charge in [-0.1, -0.05) is 18.2 Å². The Kier molecular flexibility index (Phi) is 6.14. The van der Waals surface area contributed by atoms with Crippen molar-refractivity contribution in [2.45, 2.75) is 25.7 Å². The average Bonchev–Trinajstić information content (AvgIpc) is 2.40. The molecule has 20 heavy (non-hydrogen) atoms. The predicted octanol–water partition coefficient (Wildman–Crippen LogP) is 1.05. The molecule has 1 atom stereocenters. The van der Waals surface area contributed by atoms with E-state index >= 15 is 0 Å². The van der Waals surface area contributed by atoms with Crippen molar-refractivity contribution in [3.05, 3.63) is 35.4 Å². The van der Waals surface area contributed by atoms with Crippen LogP contribution in [0.3, 0.4) is 0 Å². The third-order valence-electron chi connectivity index (χ3n) is 2.86. The quantitative estimate of drug-likeness (QED) is 0.730. The highest BCUT2D eigenvalue weighted by Gasteiger charge is 2.19. The van der Waals surface area contributed by atoms with Crippen LogP contribution in [0.5, 0.6) is 0 Å². The summed E-state index contributed by atoms with van der Waals surface area (Å²) in [5.41, 5.74) is 0.599. The van der Waals surface area contributed by atoms with Crippen LogP contribution >= 0.6 is 0 Å². The van der Waals surface area contributed by atoms with Gasteiger partial charge in [-0.15, -0.1) is 0 Å². The third-order valence-corrected chi connectivity index (χ3v) is 2.86. The van der Waals surface area contributed by atoms with Crippen LogP contribution in [0.25, 0.3) is 0 Å². The number of methoxy groups -OCH3 is 2. The zero-order chi connectivity index (χ0) is 15.1. The molecule has 1 aromatic rings. The molecule has 0 fully saturated rings. The number of hydrogen-bond acceptors (Lipinski definition) is 4. The Labute approximate surface area is 117 Å². The van der Waals surface area contributed by atoms with Gasteiger partial charge < -0.3 is 19.9 Å². The largest absolute Gasteiger partial charge is 0.478 e. The summed E-state index contributed by atoms with van der Waals surface area (Å²) in [6, 6.07) is 6.08. The fourth-order valence-corrected chi connectivity index (χ4v) is 1.93. The SMILES string of the molecule is COC(OC)C(C)NC(=O)Cc1ccccc1C(=O)O. The summed E-state index contributed by atoms with van der Waals surface area (Å²) in [6.07, 6.45) is -0.555. The highest BCUT2D eigenvalue weighted by molar-refractivity contribution is 5.91. The Morgan fingerprint density at radius 1 is 1.25 bits per heavy atom. The lowest BCUT2D eigenvalue weighted by atomic mass is 10.0. The molecule has 0 spiro atoms. The van der Waals surface area contributed by atoms with Gasteiger partial charge >= 0.3 is 5.97 Å². The number of amides is 1. The fraction of sp³-hybridized carbons (Fsp3) is 0.429. The van der Waals surface area contributed by atoms with E-state index in [9.17, 15) is 9.59 Å². The lowest BCUT2D eigenvalue weighted by Gasteiger charge is -2.22. The monoisotopic (exact) mass is 281 g/mol. The summed E-state index contributed by atoms with van der Waals surface area (Å²) in [4.78, 5) is 23.0. The number of aromatic carboxylic acids is 1. The first-order valence-corrected chi connectivity index (χ1v) is 6.15. The second-order valence-corrected chi connectivity index (χ2v) is 4.34. The molecule has 0 bridgehead atoms. The number of benzene rings is 1. The van der Waals surface area contributed by atoms with E-state index in [0.717, 1.165) is 0 Å². The predicted molar refractivity (Wildman–Crippen MR) is 72.5 cm³/mol. The molecule has 0 saturated heterocycles. The number of ether oxygens (including phenoxy) is 2. The molecular weight excluding hydrogens is 262 g/mol. The van der Waals surface area contributed by atoms with E-state index in [1.165, 1.54) is 20.3 Å². The first-order valence-electron chi connectivity index (χ1n) is 6.15. The Morgan fingerprint density at radius 3 is 2.40 bits per heavy atom. The maximum Gasteiger partial charge on any atom is 0.335 e. The van der Waals surface area contributed by atoms with E-state index in [2.05, 4.69) is 5.32 Å². The molecule has 1 amide bonds. The van der Waals surface area contributed by atoms with Crippen molar-refractivity contribution in [3.8, 4) is 0 Å². The van der Waals surface area contributed by atoms with Crippen LogP contribution in [-0.2, 0) is 20.7 Å². The van der Waals surface area contributed by atoms with Crippen LogP contribution in [0, 0.1) is 0 Å². The molecule has 0 aliphatic carbocycles. The van der Waals surface area contributed by atoms with Gasteiger partial charge in [0.05, 0.1) is 18.0 Å². The van der Waals surface area contributed by atoms with Crippen molar-refractivity contribution < 1.29 is 24.2 Å². The first kappa shape index (κ1) is 16.1. The topological polar surface area (TPSA) is 84.9 Å². The molecule has 6 heteroatoms. The molecule has 0 aromatic heterocycles. The Balaban J connectivity index is 2.70. The second kappa shape index (κ2) is 7.62. The van der Waals surface area contributed by atoms with E-state index in [0.29, 0.717) is 5.56 Å². The Bertz CT molecular complexity index is 470. The van der Waals surface area contributed by atoms with Crippen molar-refractivity contribution >= 4 is 11.9 Å². The third kappa shape index (κ3) is 4.32. The van der Waals surface area contributed by atoms with Crippen molar-refractivity contribution in [3.63, 3.8) is 0 Å². The molecule has 6 nitrogen and oxygen atoms in total. The molecule has 1 aromatic carbocycles. The summed E-state index contributed by atoms with van der Waals surface area (Å²) in [5, 5.41) is 11.8. The molecular formula is C14H19NO5. The standard InChI is InChI=1S/C14H19NO5/c1-9(14(19-2)20-3)15-12(16)8-10-6-4-5-7-11(10)13(17)18/h4-7,9,14H,8H2,1-3H3,(H,15,16)(H,17,18). The van der Waals surface area contributed by atoms with Crippen LogP contribution in [0.4, 0.5) is 0 Å². The lowest BCUT2D eigenvalue weighted by Crippen LogP contribution is -2.43. The van der Waals surface area contributed by atoms with Gasteiger partial charge in [0, 0.05) is 14.2 Å². The number of carboxylic acids is 1. The smallest absolute Gasteiger partial charge is 0.335 e. The van der Waals surface area contributed by atoms with Gasteiger partial charge in [0.2, 0.25) is 5.91 Å². The van der Waals surface area contributed by atoms with Crippen molar-refractivity contribution in [1.29, 1.82) is 0 Å². The minimum atomic E-state index is -1.05. The highest BCUT2D eigenvalue weighted by Crippen LogP contribution is 2.10. The molecule has 0 saturated carbocycles. The van der Waals surface area contributed by atoms with E-state index in [1.54, 1.807) is 25.1 Å². The zero-order valence-electron chi connectivity index (χ0n) is 11.8. The maximum atomic E-state index is 11.9. The Hall–Kier alpha value is -1.92. The van der Waals surface area contributed by atoms with Gasteiger partial charge in [0.25, 0.3) is 0 Å². The van der Waals surface area contributed by atoms with Gasteiger partial charge in [-0.3, -0.25) is 4.79 Å². The fourth-order valence-electron chi connectivity index (χ4n) is 1.93. The molecule has 0 aliphatic heterocycles. The van der Waals surface area contributed by atoms with Gasteiger partial charge in [0.1, 0.15) is 0 Å². The second-order valence-electron chi connectivity index (χ2n) is 4.34. The van der Waals surface area contributed by atoms with E-state index in [-0.39, 0.29) is 23.9 Å². The Morgan fingerprint density at radius 2 is 1.85 bits per heavy atom. The minimum Gasteiger partial charge on any atom is -0.478 e. The number of carbonyl (C=O) groups is 2. The number of carboxylic acid groups (broad SMARTS) is 1. The number of hydrogen-bond donors (Lipinski definition) is 2. The number of carbonyl (C=O) groups excluding carboxylic acids is 1. The van der Waals surface area contributed by atoms with Gasteiger partial charge in [-0.2, -0.15) is 0 Å². The van der Waals surface area contributed by atoms with Crippen LogP contribution < -0.4 is 5.32 Å². The number of nitrogens with one attached hydrogen (secondary N) is 1. The van der Waals surface area contributed by atoms with Crippen molar-refractivity contribution in [1.82, 2.24) is 5.32 Å². The molecule has 0 heterocycles. The van der Waals surface area contributed by atoms with Gasteiger partial charge in [-0.25, -0.2) is 4.79 Å². The van der Waals surface area contributed by atoms with E-state index < -0.39 is 12.3 Å². The molecule has 0 radical (unpaired) electrons. The zero-order valence-corrected chi connectivity index (χ0v) is 11.8. The maximum absolute atomic E-state index is 11.9. The highest BCUT2D eigenvalue weighted by atomic mass is 16.7. The molecule has 2 N–H and O–H groups in total. The summed E-state index contributed by atoms with van der Waals surface area (Å²) in [6.45, 7) is 1.75. The number of rotatable bonds is 7. The summed E-state index contributed by atoms with van der Waals surface area (Å²) in [5.74, 6) is -1.33. The molecule has 110 valence electrons. The van der Waals surface area contributed by atoms with Crippen molar-refractivity contribution in [2.75, 3.05) is 14.2 Å². The normalized spacial score (nSPS) is 12.2. The van der Waals surface area contributed by atoms with Crippen LogP contribution in [0.15, 0.2) is 24.3 Å². The summed E-state index contributed by atoms with van der Waals surface area (Å²) in [7, 11) is 2.97. The van der Waals surface area contributed by atoms with Gasteiger partial charge in [0.15, 0.2) is 6.29 Å².